The minimum absolute atomic E-state index is 0.164. The van der Waals surface area contributed by atoms with E-state index in [1.165, 1.54) is 12.2 Å². The number of hydrogen-bond acceptors (Lipinski definition) is 4. The molecule has 1 amide bonds. The lowest BCUT2D eigenvalue weighted by molar-refractivity contribution is -0.537. The molecule has 6 nitrogen and oxygen atoms in total. The third-order valence-electron chi connectivity index (χ3n) is 2.86. The van der Waals surface area contributed by atoms with Crippen molar-refractivity contribution in [1.82, 2.24) is 0 Å². The number of anilines is 1. The van der Waals surface area contributed by atoms with Gasteiger partial charge in [-0.15, -0.1) is 0 Å². The quantitative estimate of drug-likeness (QED) is 0.384. The van der Waals surface area contributed by atoms with Crippen LogP contribution in [-0.4, -0.2) is 27.0 Å². The zero-order valence-corrected chi connectivity index (χ0v) is 10.9. The molecule has 104 valence electrons. The first-order chi connectivity index (χ1) is 9.45. The van der Waals surface area contributed by atoms with Gasteiger partial charge in [0.2, 0.25) is 0 Å². The monoisotopic (exact) mass is 294 g/mol. The Morgan fingerprint density at radius 2 is 2.05 bits per heavy atom. The molecule has 0 fully saturated rings. The molecule has 0 saturated heterocycles. The molecular weight excluding hydrogens is 284 g/mol. The Morgan fingerprint density at radius 1 is 1.40 bits per heavy atom. The second-order valence-electron chi connectivity index (χ2n) is 4.19. The van der Waals surface area contributed by atoms with Gasteiger partial charge in [0.1, 0.15) is 0 Å². The average Bonchev–Trinajstić information content (AvgIpc) is 2.42. The maximum Gasteiger partial charge on any atom is 0.343 e. The van der Waals surface area contributed by atoms with Crippen molar-refractivity contribution in [3.8, 4) is 0 Å². The van der Waals surface area contributed by atoms with E-state index >= 15 is 0 Å². The Kier molecular flexibility index (Phi) is 3.87. The second kappa shape index (κ2) is 5.44. The number of amides is 1. The Hall–Kier alpha value is -2.18. The predicted octanol–water partition coefficient (Wildman–Crippen LogP) is 1.69. The van der Waals surface area contributed by atoms with Crippen molar-refractivity contribution >= 4 is 23.2 Å². The maximum absolute atomic E-state index is 12.0. The smallest absolute Gasteiger partial charge is 0.343 e. The topological polar surface area (TPSA) is 92.5 Å². The number of rotatable bonds is 3. The lowest BCUT2D eigenvalue weighted by Gasteiger charge is -2.25. The van der Waals surface area contributed by atoms with Gasteiger partial charge in [-0.1, -0.05) is 30.4 Å². The van der Waals surface area contributed by atoms with Crippen molar-refractivity contribution in [2.45, 2.75) is 11.1 Å². The van der Waals surface area contributed by atoms with E-state index in [0.717, 1.165) is 6.08 Å². The molecule has 1 aliphatic rings. The third kappa shape index (κ3) is 2.56. The Morgan fingerprint density at radius 3 is 2.65 bits per heavy atom. The number of alkyl halides is 1. The molecule has 20 heavy (non-hydrogen) atoms. The van der Waals surface area contributed by atoms with Crippen LogP contribution in [0.25, 0.3) is 0 Å². The summed E-state index contributed by atoms with van der Waals surface area (Å²) in [6.45, 7) is 0. The van der Waals surface area contributed by atoms with Crippen LogP contribution in [-0.2, 0) is 4.79 Å². The highest BCUT2D eigenvalue weighted by molar-refractivity contribution is 6.25. The summed E-state index contributed by atoms with van der Waals surface area (Å²) in [6.07, 6.45) is 1.89. The van der Waals surface area contributed by atoms with E-state index in [9.17, 15) is 20.0 Å². The standard InChI is InChI=1S/C13H11ClN2O4/c14-13(16(19)20)8-4-7-10(11(13)17)12(18)15-9-5-2-1-3-6-9/h1-8,11,17H,(H,15,18). The van der Waals surface area contributed by atoms with Crippen LogP contribution < -0.4 is 5.32 Å². The molecule has 2 N–H and O–H groups in total. The van der Waals surface area contributed by atoms with Crippen LogP contribution >= 0.6 is 11.6 Å². The highest BCUT2D eigenvalue weighted by Gasteiger charge is 2.50. The number of halogens is 1. The van der Waals surface area contributed by atoms with Crippen LogP contribution in [0.1, 0.15) is 0 Å². The number of nitrogens with zero attached hydrogens (tertiary/aromatic N) is 1. The second-order valence-corrected chi connectivity index (χ2v) is 4.79. The number of nitro groups is 1. The normalized spacial score (nSPS) is 24.9. The van der Waals surface area contributed by atoms with Crippen LogP contribution in [0.5, 0.6) is 0 Å². The van der Waals surface area contributed by atoms with Gasteiger partial charge < -0.3 is 10.4 Å². The Balaban J connectivity index is 2.21. The number of allylic oxidation sites excluding steroid dienone is 2. The fourth-order valence-electron chi connectivity index (χ4n) is 1.77. The fraction of sp³-hybridized carbons (Fsp3) is 0.154. The largest absolute Gasteiger partial charge is 0.379 e. The van der Waals surface area contributed by atoms with Crippen molar-refractivity contribution < 1.29 is 14.8 Å². The van der Waals surface area contributed by atoms with Gasteiger partial charge in [-0.2, -0.15) is 0 Å². The first-order valence-electron chi connectivity index (χ1n) is 5.72. The number of hydrogen-bond donors (Lipinski definition) is 2. The highest BCUT2D eigenvalue weighted by atomic mass is 35.5. The fourth-order valence-corrected chi connectivity index (χ4v) is 1.96. The molecule has 0 bridgehead atoms. The van der Waals surface area contributed by atoms with Crippen LogP contribution in [0.4, 0.5) is 5.69 Å². The van der Waals surface area contributed by atoms with Crippen molar-refractivity contribution in [1.29, 1.82) is 0 Å². The van der Waals surface area contributed by atoms with Gasteiger partial charge in [0, 0.05) is 11.8 Å². The van der Waals surface area contributed by atoms with E-state index in [4.69, 9.17) is 11.6 Å². The van der Waals surface area contributed by atoms with Crippen LogP contribution in [0.3, 0.4) is 0 Å². The average molecular weight is 295 g/mol. The first-order valence-corrected chi connectivity index (χ1v) is 6.10. The lowest BCUT2D eigenvalue weighted by Crippen LogP contribution is -2.47. The molecule has 1 aliphatic carbocycles. The van der Waals surface area contributed by atoms with Crippen molar-refractivity contribution in [2.75, 3.05) is 5.32 Å². The first kappa shape index (κ1) is 14.2. The molecule has 1 aromatic carbocycles. The molecular formula is C13H11ClN2O4. The molecule has 0 radical (unpaired) electrons. The SMILES string of the molecule is O=C(Nc1ccccc1)C1=CC=CC(Cl)([N+](=O)[O-])C1O. The number of aliphatic hydroxyl groups excluding tert-OH is 1. The van der Waals surface area contributed by atoms with Gasteiger partial charge in [0.15, 0.2) is 6.10 Å². The molecule has 0 saturated carbocycles. The molecule has 0 aromatic heterocycles. The highest BCUT2D eigenvalue weighted by Crippen LogP contribution is 2.31. The zero-order valence-electron chi connectivity index (χ0n) is 10.2. The molecule has 0 spiro atoms. The minimum Gasteiger partial charge on any atom is -0.379 e. The Bertz CT molecular complexity index is 600. The number of benzene rings is 1. The molecule has 0 aliphatic heterocycles. The third-order valence-corrected chi connectivity index (χ3v) is 3.33. The number of carbonyl (C=O) groups is 1. The molecule has 2 rings (SSSR count). The van der Waals surface area contributed by atoms with E-state index in [1.807, 2.05) is 0 Å². The van der Waals surface area contributed by atoms with E-state index in [-0.39, 0.29) is 5.57 Å². The van der Waals surface area contributed by atoms with Crippen LogP contribution in [0.2, 0.25) is 0 Å². The Labute approximate surface area is 119 Å². The number of para-hydroxylation sites is 1. The summed E-state index contributed by atoms with van der Waals surface area (Å²) in [6, 6.07) is 8.55. The summed E-state index contributed by atoms with van der Waals surface area (Å²) in [4.78, 5) is 19.9. The van der Waals surface area contributed by atoms with Gasteiger partial charge in [-0.3, -0.25) is 14.9 Å². The predicted molar refractivity (Wildman–Crippen MR) is 73.9 cm³/mol. The summed E-state index contributed by atoms with van der Waals surface area (Å²) in [5.41, 5.74) is 0.351. The summed E-state index contributed by atoms with van der Waals surface area (Å²) < 4.78 is 0. The van der Waals surface area contributed by atoms with E-state index in [0.29, 0.717) is 5.69 Å². The van der Waals surface area contributed by atoms with Gasteiger partial charge in [0.05, 0.1) is 10.5 Å². The number of carbonyl (C=O) groups excluding carboxylic acids is 1. The van der Waals surface area contributed by atoms with Gasteiger partial charge in [0.25, 0.3) is 5.91 Å². The van der Waals surface area contributed by atoms with E-state index in [1.54, 1.807) is 30.3 Å². The van der Waals surface area contributed by atoms with E-state index < -0.39 is 21.9 Å². The van der Waals surface area contributed by atoms with Crippen molar-refractivity contribution in [3.63, 3.8) is 0 Å². The summed E-state index contributed by atoms with van der Waals surface area (Å²) in [7, 11) is 0. The summed E-state index contributed by atoms with van der Waals surface area (Å²) in [5, 5.41) is 23.4. The molecule has 2 unspecified atom stereocenters. The maximum atomic E-state index is 12.0. The minimum atomic E-state index is -2.22. The zero-order chi connectivity index (χ0) is 14.8. The van der Waals surface area contributed by atoms with Crippen molar-refractivity contribution in [2.24, 2.45) is 0 Å². The van der Waals surface area contributed by atoms with Crippen LogP contribution in [0.15, 0.2) is 54.1 Å². The number of aliphatic hydroxyl groups is 1. The van der Waals surface area contributed by atoms with Gasteiger partial charge >= 0.3 is 5.00 Å². The van der Waals surface area contributed by atoms with E-state index in [2.05, 4.69) is 5.32 Å². The summed E-state index contributed by atoms with van der Waals surface area (Å²) >= 11 is 5.75. The lowest BCUT2D eigenvalue weighted by atomic mass is 9.96. The van der Waals surface area contributed by atoms with Crippen LogP contribution in [0, 0.1) is 10.1 Å². The number of nitrogens with one attached hydrogen (secondary N) is 1. The van der Waals surface area contributed by atoms with Crippen molar-refractivity contribution in [3.05, 3.63) is 64.2 Å². The summed E-state index contributed by atoms with van der Waals surface area (Å²) in [5.74, 6) is -0.639. The molecule has 7 heteroatoms. The van der Waals surface area contributed by atoms with Gasteiger partial charge in [-0.05, 0) is 23.7 Å². The molecule has 0 heterocycles. The molecule has 2 atom stereocenters. The van der Waals surface area contributed by atoms with Gasteiger partial charge in [-0.25, -0.2) is 0 Å². The molecule has 1 aromatic rings.